The van der Waals surface area contributed by atoms with Crippen LogP contribution in [0.4, 0.5) is 0 Å². The number of benzene rings is 1. The lowest BCUT2D eigenvalue weighted by atomic mass is 10.1. The Morgan fingerprint density at radius 3 is 2.38 bits per heavy atom. The zero-order valence-electron chi connectivity index (χ0n) is 15.3. The molecular formula is C18H24N2O6. The second-order valence-corrected chi connectivity index (χ2v) is 6.33. The van der Waals surface area contributed by atoms with Crippen molar-refractivity contribution in [2.24, 2.45) is 0 Å². The number of ether oxygens (including phenoxy) is 1. The van der Waals surface area contributed by atoms with E-state index < -0.39 is 35.5 Å². The molecule has 0 saturated heterocycles. The van der Waals surface area contributed by atoms with E-state index >= 15 is 0 Å². The molecule has 3 unspecified atom stereocenters. The van der Waals surface area contributed by atoms with E-state index in [-0.39, 0.29) is 13.0 Å². The van der Waals surface area contributed by atoms with Crippen LogP contribution in [0.1, 0.15) is 35.0 Å². The number of aromatic nitrogens is 2. The van der Waals surface area contributed by atoms with Gasteiger partial charge < -0.3 is 24.6 Å². The van der Waals surface area contributed by atoms with Crippen molar-refractivity contribution in [1.29, 1.82) is 0 Å². The molecule has 0 aliphatic carbocycles. The van der Waals surface area contributed by atoms with Crippen molar-refractivity contribution in [3.8, 4) is 0 Å². The zero-order chi connectivity index (χ0) is 19.6. The van der Waals surface area contributed by atoms with Gasteiger partial charge >= 0.3 is 5.97 Å². The van der Waals surface area contributed by atoms with Crippen LogP contribution in [0, 0.1) is 13.8 Å². The predicted molar refractivity (Wildman–Crippen MR) is 95.1 cm³/mol. The number of carbonyl (C=O) groups excluding carboxylic acids is 1. The number of hydrogen-bond donors (Lipinski definition) is 3. The molecule has 3 N–H and O–H groups in total. The quantitative estimate of drug-likeness (QED) is 0.630. The molecule has 1 heterocycles. The third kappa shape index (κ3) is 3.77. The number of esters is 1. The van der Waals surface area contributed by atoms with Crippen LogP contribution in [-0.2, 0) is 11.3 Å². The number of nitrogens with zero attached hydrogens (tertiary/aromatic N) is 2. The van der Waals surface area contributed by atoms with Gasteiger partial charge in [-0.3, -0.25) is 4.79 Å². The monoisotopic (exact) mass is 364 g/mol. The minimum absolute atomic E-state index is 0.246. The third-order valence-electron chi connectivity index (χ3n) is 4.52. The summed E-state index contributed by atoms with van der Waals surface area (Å²) in [6.07, 6.45) is -3.71. The number of aliphatic hydroxyl groups is 3. The van der Waals surface area contributed by atoms with Gasteiger partial charge in [-0.05, 0) is 43.5 Å². The number of rotatable bonds is 6. The summed E-state index contributed by atoms with van der Waals surface area (Å²) >= 11 is 0. The lowest BCUT2D eigenvalue weighted by Gasteiger charge is -2.23. The van der Waals surface area contributed by atoms with E-state index in [1.807, 2.05) is 13.8 Å². The number of carbonyl (C=O) groups is 1. The minimum Gasteiger partial charge on any atom is -0.464 e. The van der Waals surface area contributed by atoms with Crippen molar-refractivity contribution in [2.75, 3.05) is 7.11 Å². The van der Waals surface area contributed by atoms with E-state index in [1.165, 1.54) is 4.57 Å². The molecule has 26 heavy (non-hydrogen) atoms. The maximum absolute atomic E-state index is 12.7. The normalized spacial score (nSPS) is 14.9. The van der Waals surface area contributed by atoms with Crippen molar-refractivity contribution < 1.29 is 24.9 Å². The van der Waals surface area contributed by atoms with Gasteiger partial charge in [0.05, 0.1) is 30.8 Å². The Labute approximate surface area is 150 Å². The Morgan fingerprint density at radius 2 is 1.81 bits per heavy atom. The van der Waals surface area contributed by atoms with Crippen LogP contribution in [0.3, 0.4) is 0 Å². The number of fused-ring (bicyclic) bond motifs is 1. The maximum atomic E-state index is 12.7. The van der Waals surface area contributed by atoms with E-state index in [0.717, 1.165) is 18.2 Å². The summed E-state index contributed by atoms with van der Waals surface area (Å²) < 4.78 is 5.79. The van der Waals surface area contributed by atoms with Gasteiger partial charge in [-0.2, -0.15) is 0 Å². The van der Waals surface area contributed by atoms with Gasteiger partial charge in [0.15, 0.2) is 0 Å². The van der Waals surface area contributed by atoms with E-state index in [9.17, 15) is 24.9 Å². The van der Waals surface area contributed by atoms with Crippen LogP contribution in [0.15, 0.2) is 16.9 Å². The number of aryl methyl sites for hydroxylation is 2. The summed E-state index contributed by atoms with van der Waals surface area (Å²) in [6.45, 7) is 5.10. The molecule has 0 aliphatic rings. The van der Waals surface area contributed by atoms with Crippen LogP contribution >= 0.6 is 0 Å². The Bertz CT molecular complexity index is 876. The van der Waals surface area contributed by atoms with E-state index in [4.69, 9.17) is 0 Å². The van der Waals surface area contributed by atoms with Crippen molar-refractivity contribution in [3.63, 3.8) is 0 Å². The minimum atomic E-state index is -1.43. The highest BCUT2D eigenvalue weighted by Crippen LogP contribution is 2.18. The first-order valence-corrected chi connectivity index (χ1v) is 8.35. The molecule has 142 valence electrons. The molecule has 1 aromatic carbocycles. The third-order valence-corrected chi connectivity index (χ3v) is 4.52. The van der Waals surface area contributed by atoms with E-state index in [2.05, 4.69) is 9.72 Å². The van der Waals surface area contributed by atoms with Crippen LogP contribution in [0.5, 0.6) is 0 Å². The molecule has 2 rings (SSSR count). The highest BCUT2D eigenvalue weighted by molar-refractivity contribution is 5.89. The number of methoxy groups -OCH3 is 1. The molecule has 8 heteroatoms. The van der Waals surface area contributed by atoms with Gasteiger partial charge in [-0.1, -0.05) is 6.92 Å². The van der Waals surface area contributed by atoms with E-state index in [0.29, 0.717) is 11.0 Å². The lowest BCUT2D eigenvalue weighted by molar-refractivity contribution is -0.0651. The fourth-order valence-corrected chi connectivity index (χ4v) is 2.70. The van der Waals surface area contributed by atoms with Gasteiger partial charge in [-0.15, -0.1) is 0 Å². The van der Waals surface area contributed by atoms with Gasteiger partial charge in [0, 0.05) is 0 Å². The molecular weight excluding hydrogens is 340 g/mol. The Morgan fingerprint density at radius 1 is 1.19 bits per heavy atom. The maximum Gasteiger partial charge on any atom is 0.362 e. The van der Waals surface area contributed by atoms with Gasteiger partial charge in [-0.25, -0.2) is 9.78 Å². The highest BCUT2D eigenvalue weighted by Gasteiger charge is 2.26. The second kappa shape index (κ2) is 7.94. The molecule has 0 fully saturated rings. The molecule has 8 nitrogen and oxygen atoms in total. The summed E-state index contributed by atoms with van der Waals surface area (Å²) in [5.74, 6) is -0.882. The Kier molecular flexibility index (Phi) is 6.12. The fraction of sp³-hybridized carbons (Fsp3) is 0.500. The van der Waals surface area contributed by atoms with Gasteiger partial charge in [0.25, 0.3) is 5.56 Å². The van der Waals surface area contributed by atoms with Gasteiger partial charge in [0.1, 0.15) is 12.2 Å². The lowest BCUT2D eigenvalue weighted by Crippen LogP contribution is -2.42. The average Bonchev–Trinajstić information content (AvgIpc) is 2.63. The Hall–Kier alpha value is -2.29. The standard InChI is InChI=1S/C18H24N2O6/c1-5-13(21)16(23)14(22)8-20-12-7-10(3)9(2)6-11(12)19-15(17(20)24)18(25)26-4/h6-7,13-14,16,21-23H,5,8H2,1-4H3. The predicted octanol–water partition coefficient (Wildman–Crippen LogP) is 0.293. The molecule has 0 amide bonds. The molecule has 0 saturated carbocycles. The average molecular weight is 364 g/mol. The van der Waals surface area contributed by atoms with Crippen LogP contribution < -0.4 is 5.56 Å². The van der Waals surface area contributed by atoms with Gasteiger partial charge in [0.2, 0.25) is 5.69 Å². The SMILES string of the molecule is CCC(O)C(O)C(O)Cn1c(=O)c(C(=O)OC)nc2cc(C)c(C)cc21. The van der Waals surface area contributed by atoms with Crippen LogP contribution in [0.25, 0.3) is 11.0 Å². The molecule has 0 bridgehead atoms. The topological polar surface area (TPSA) is 122 Å². The smallest absolute Gasteiger partial charge is 0.362 e. The number of hydrogen-bond acceptors (Lipinski definition) is 7. The first-order valence-electron chi connectivity index (χ1n) is 8.35. The number of aliphatic hydroxyl groups excluding tert-OH is 3. The highest BCUT2D eigenvalue weighted by atomic mass is 16.5. The first kappa shape index (κ1) is 20.0. The summed E-state index contributed by atoms with van der Waals surface area (Å²) in [5, 5.41) is 30.0. The molecule has 2 aromatic rings. The molecule has 0 spiro atoms. The first-order chi connectivity index (χ1) is 12.2. The molecule has 3 atom stereocenters. The van der Waals surface area contributed by atoms with E-state index in [1.54, 1.807) is 19.1 Å². The van der Waals surface area contributed by atoms with Crippen molar-refractivity contribution >= 4 is 17.0 Å². The summed E-state index contributed by atoms with van der Waals surface area (Å²) in [4.78, 5) is 28.7. The second-order valence-electron chi connectivity index (χ2n) is 6.33. The van der Waals surface area contributed by atoms with Crippen molar-refractivity contribution in [3.05, 3.63) is 39.3 Å². The summed E-state index contributed by atoms with van der Waals surface area (Å²) in [5.41, 5.74) is 1.51. The molecule has 1 aromatic heterocycles. The largest absolute Gasteiger partial charge is 0.464 e. The molecule has 0 radical (unpaired) electrons. The zero-order valence-corrected chi connectivity index (χ0v) is 15.3. The van der Waals surface area contributed by atoms with Crippen LogP contribution in [-0.4, -0.2) is 56.3 Å². The molecule has 0 aliphatic heterocycles. The van der Waals surface area contributed by atoms with Crippen LogP contribution in [0.2, 0.25) is 0 Å². The van der Waals surface area contributed by atoms with Crippen molar-refractivity contribution in [1.82, 2.24) is 9.55 Å². The summed E-state index contributed by atoms with van der Waals surface area (Å²) in [6, 6.07) is 3.46. The Balaban J connectivity index is 2.65. The van der Waals surface area contributed by atoms with Crippen molar-refractivity contribution in [2.45, 2.75) is 52.0 Å². The fourth-order valence-electron chi connectivity index (χ4n) is 2.70. The summed E-state index contributed by atoms with van der Waals surface area (Å²) in [7, 11) is 1.15.